The molecule has 0 aliphatic heterocycles. The van der Waals surface area contributed by atoms with E-state index >= 15 is 0 Å². The minimum Gasteiger partial charge on any atom is -0.465 e. The van der Waals surface area contributed by atoms with Gasteiger partial charge in [-0.05, 0) is 18.9 Å². The largest absolute Gasteiger partial charge is 0.465 e. The molecular weight excluding hydrogens is 274 g/mol. The Morgan fingerprint density at radius 3 is 2.45 bits per heavy atom. The fourth-order valence-corrected chi connectivity index (χ4v) is 2.98. The van der Waals surface area contributed by atoms with Crippen molar-refractivity contribution in [3.05, 3.63) is 35.5 Å². The second-order valence-corrected chi connectivity index (χ2v) is 5.89. The summed E-state index contributed by atoms with van der Waals surface area (Å²) >= 11 is 0. The standard InChI is InChI=1S/C19H27NO2/c1-3-4-5-6-7-8-9-14-17-18(19(21)22-2)15-12-10-11-13-16(15)20-17/h10-13,20H,3-9,14H2,1-2H3. The average molecular weight is 301 g/mol. The van der Waals surface area contributed by atoms with Gasteiger partial charge in [0.25, 0.3) is 0 Å². The molecule has 1 N–H and O–H groups in total. The van der Waals surface area contributed by atoms with Crippen molar-refractivity contribution in [3.63, 3.8) is 0 Å². The predicted molar refractivity (Wildman–Crippen MR) is 91.3 cm³/mol. The Labute approximate surface area is 133 Å². The van der Waals surface area contributed by atoms with Gasteiger partial charge in [-0.25, -0.2) is 4.79 Å². The van der Waals surface area contributed by atoms with E-state index in [-0.39, 0.29) is 5.97 Å². The van der Waals surface area contributed by atoms with Crippen LogP contribution in [0, 0.1) is 0 Å². The van der Waals surface area contributed by atoms with Crippen molar-refractivity contribution in [1.29, 1.82) is 0 Å². The Balaban J connectivity index is 1.97. The summed E-state index contributed by atoms with van der Waals surface area (Å²) in [6.07, 6.45) is 9.83. The van der Waals surface area contributed by atoms with Crippen LogP contribution in [0.25, 0.3) is 10.9 Å². The number of carbonyl (C=O) groups excluding carboxylic acids is 1. The lowest BCUT2D eigenvalue weighted by molar-refractivity contribution is 0.0601. The van der Waals surface area contributed by atoms with Gasteiger partial charge in [0.05, 0.1) is 12.7 Å². The van der Waals surface area contributed by atoms with E-state index in [1.54, 1.807) is 0 Å². The van der Waals surface area contributed by atoms with Crippen LogP contribution >= 0.6 is 0 Å². The molecule has 1 aromatic heterocycles. The van der Waals surface area contributed by atoms with Crippen LogP contribution in [-0.4, -0.2) is 18.1 Å². The highest BCUT2D eigenvalue weighted by atomic mass is 16.5. The van der Waals surface area contributed by atoms with Crippen LogP contribution in [0.2, 0.25) is 0 Å². The third-order valence-electron chi connectivity index (χ3n) is 4.20. The van der Waals surface area contributed by atoms with E-state index in [0.717, 1.165) is 29.4 Å². The third-order valence-corrected chi connectivity index (χ3v) is 4.20. The molecule has 0 unspecified atom stereocenters. The monoisotopic (exact) mass is 301 g/mol. The zero-order chi connectivity index (χ0) is 15.8. The van der Waals surface area contributed by atoms with Crippen molar-refractivity contribution >= 4 is 16.9 Å². The number of fused-ring (bicyclic) bond motifs is 1. The average Bonchev–Trinajstić information content (AvgIpc) is 2.91. The van der Waals surface area contributed by atoms with Gasteiger partial charge in [0.15, 0.2) is 0 Å². The molecule has 0 radical (unpaired) electrons. The fraction of sp³-hybridized carbons (Fsp3) is 0.526. The lowest BCUT2D eigenvalue weighted by Gasteiger charge is -2.04. The number of ether oxygens (including phenoxy) is 1. The molecule has 0 spiro atoms. The van der Waals surface area contributed by atoms with Crippen LogP contribution < -0.4 is 0 Å². The van der Waals surface area contributed by atoms with Crippen molar-refractivity contribution in [2.24, 2.45) is 0 Å². The summed E-state index contributed by atoms with van der Waals surface area (Å²) < 4.78 is 4.96. The van der Waals surface area contributed by atoms with Crippen LogP contribution in [0.4, 0.5) is 0 Å². The molecule has 0 atom stereocenters. The highest BCUT2D eigenvalue weighted by Crippen LogP contribution is 2.24. The smallest absolute Gasteiger partial charge is 0.340 e. The highest BCUT2D eigenvalue weighted by Gasteiger charge is 2.18. The fourth-order valence-electron chi connectivity index (χ4n) is 2.98. The van der Waals surface area contributed by atoms with Crippen molar-refractivity contribution in [2.45, 2.75) is 58.3 Å². The van der Waals surface area contributed by atoms with Gasteiger partial charge >= 0.3 is 5.97 Å². The van der Waals surface area contributed by atoms with Gasteiger partial charge in [-0.1, -0.05) is 63.6 Å². The van der Waals surface area contributed by atoms with Crippen LogP contribution in [0.3, 0.4) is 0 Å². The number of carbonyl (C=O) groups is 1. The zero-order valence-electron chi connectivity index (χ0n) is 13.8. The number of unbranched alkanes of at least 4 members (excludes halogenated alkanes) is 6. The lowest BCUT2D eigenvalue weighted by atomic mass is 10.0. The molecular formula is C19H27NO2. The predicted octanol–water partition coefficient (Wildman–Crippen LogP) is 5.25. The molecule has 3 nitrogen and oxygen atoms in total. The molecule has 0 fully saturated rings. The molecule has 1 heterocycles. The summed E-state index contributed by atoms with van der Waals surface area (Å²) in [5.74, 6) is -0.240. The lowest BCUT2D eigenvalue weighted by Crippen LogP contribution is -2.04. The first-order valence-electron chi connectivity index (χ1n) is 8.45. The normalized spacial score (nSPS) is 11.0. The SMILES string of the molecule is CCCCCCCCCc1[nH]c2ccccc2c1C(=O)OC. The van der Waals surface area contributed by atoms with E-state index < -0.39 is 0 Å². The second-order valence-electron chi connectivity index (χ2n) is 5.89. The number of nitrogens with one attached hydrogen (secondary N) is 1. The van der Waals surface area contributed by atoms with Crippen molar-refractivity contribution in [2.75, 3.05) is 7.11 Å². The summed E-state index contributed by atoms with van der Waals surface area (Å²) in [6.45, 7) is 2.24. The molecule has 0 amide bonds. The molecule has 0 aliphatic carbocycles. The molecule has 0 bridgehead atoms. The number of aromatic amines is 1. The first kappa shape index (κ1) is 16.6. The van der Waals surface area contributed by atoms with Crippen LogP contribution in [-0.2, 0) is 11.2 Å². The number of hydrogen-bond donors (Lipinski definition) is 1. The maximum absolute atomic E-state index is 12.1. The molecule has 120 valence electrons. The van der Waals surface area contributed by atoms with Crippen molar-refractivity contribution in [1.82, 2.24) is 4.98 Å². The summed E-state index contributed by atoms with van der Waals surface area (Å²) in [6, 6.07) is 7.93. The number of hydrogen-bond acceptors (Lipinski definition) is 2. The topological polar surface area (TPSA) is 42.1 Å². The molecule has 0 saturated carbocycles. The Bertz CT molecular complexity index is 601. The zero-order valence-corrected chi connectivity index (χ0v) is 13.8. The molecule has 0 aliphatic rings. The molecule has 1 aromatic carbocycles. The van der Waals surface area contributed by atoms with Gasteiger partial charge in [-0.2, -0.15) is 0 Å². The Morgan fingerprint density at radius 2 is 1.73 bits per heavy atom. The van der Waals surface area contributed by atoms with E-state index in [4.69, 9.17) is 4.74 Å². The molecule has 2 aromatic rings. The summed E-state index contributed by atoms with van der Waals surface area (Å²) in [7, 11) is 1.45. The number of aromatic nitrogens is 1. The molecule has 0 saturated heterocycles. The second kappa shape index (κ2) is 8.62. The quantitative estimate of drug-likeness (QED) is 0.508. The molecule has 2 rings (SSSR count). The number of para-hydroxylation sites is 1. The summed E-state index contributed by atoms with van der Waals surface area (Å²) in [5, 5.41) is 0.965. The third kappa shape index (κ3) is 4.12. The first-order valence-corrected chi connectivity index (χ1v) is 8.45. The van der Waals surface area contributed by atoms with Gasteiger partial charge in [0, 0.05) is 16.6 Å². The van der Waals surface area contributed by atoms with E-state index in [2.05, 4.69) is 11.9 Å². The minimum absolute atomic E-state index is 0.240. The number of esters is 1. The van der Waals surface area contributed by atoms with Gasteiger partial charge < -0.3 is 9.72 Å². The van der Waals surface area contributed by atoms with Crippen molar-refractivity contribution < 1.29 is 9.53 Å². The number of rotatable bonds is 9. The Hall–Kier alpha value is -1.77. The van der Waals surface area contributed by atoms with Crippen LogP contribution in [0.1, 0.15) is 67.9 Å². The van der Waals surface area contributed by atoms with E-state index in [1.165, 1.54) is 45.6 Å². The van der Waals surface area contributed by atoms with Gasteiger partial charge in [0.1, 0.15) is 0 Å². The van der Waals surface area contributed by atoms with Crippen LogP contribution in [0.15, 0.2) is 24.3 Å². The first-order chi connectivity index (χ1) is 10.8. The van der Waals surface area contributed by atoms with E-state index in [0.29, 0.717) is 5.56 Å². The Kier molecular flexibility index (Phi) is 6.50. The minimum atomic E-state index is -0.240. The van der Waals surface area contributed by atoms with E-state index in [1.807, 2.05) is 24.3 Å². The number of H-pyrrole nitrogens is 1. The highest BCUT2D eigenvalue weighted by molar-refractivity contribution is 6.05. The number of benzene rings is 1. The van der Waals surface area contributed by atoms with E-state index in [9.17, 15) is 4.79 Å². The molecule has 22 heavy (non-hydrogen) atoms. The maximum Gasteiger partial charge on any atom is 0.340 e. The maximum atomic E-state index is 12.1. The summed E-state index contributed by atoms with van der Waals surface area (Å²) in [5.41, 5.74) is 2.74. The van der Waals surface area contributed by atoms with Gasteiger partial charge in [-0.3, -0.25) is 0 Å². The van der Waals surface area contributed by atoms with Gasteiger partial charge in [0.2, 0.25) is 0 Å². The van der Waals surface area contributed by atoms with Crippen molar-refractivity contribution in [3.8, 4) is 0 Å². The summed E-state index contributed by atoms with van der Waals surface area (Å²) in [4.78, 5) is 15.5. The van der Waals surface area contributed by atoms with Gasteiger partial charge in [-0.15, -0.1) is 0 Å². The Morgan fingerprint density at radius 1 is 1.05 bits per heavy atom. The number of aryl methyl sites for hydroxylation is 1. The number of methoxy groups -OCH3 is 1. The molecule has 3 heteroatoms. The van der Waals surface area contributed by atoms with Crippen LogP contribution in [0.5, 0.6) is 0 Å².